The second-order valence-corrected chi connectivity index (χ2v) is 5.40. The number of anilines is 2. The number of aromatic nitrogens is 5. The molecule has 0 aliphatic heterocycles. The lowest BCUT2D eigenvalue weighted by Gasteiger charge is -2.13. The Hall–Kier alpha value is -2.18. The van der Waals surface area contributed by atoms with Gasteiger partial charge in [-0.05, 0) is 26.7 Å². The molecule has 0 radical (unpaired) electrons. The van der Waals surface area contributed by atoms with Crippen LogP contribution in [0.5, 0.6) is 0 Å². The van der Waals surface area contributed by atoms with E-state index in [9.17, 15) is 0 Å². The highest BCUT2D eigenvalue weighted by Gasteiger charge is 2.28. The van der Waals surface area contributed by atoms with Crippen LogP contribution in [0.25, 0.3) is 0 Å². The van der Waals surface area contributed by atoms with Gasteiger partial charge >= 0.3 is 0 Å². The van der Waals surface area contributed by atoms with Crippen molar-refractivity contribution < 1.29 is 0 Å². The van der Waals surface area contributed by atoms with Crippen LogP contribution in [0.1, 0.15) is 42.9 Å². The first-order valence-corrected chi connectivity index (χ1v) is 7.38. The van der Waals surface area contributed by atoms with Gasteiger partial charge in [0.1, 0.15) is 23.8 Å². The van der Waals surface area contributed by atoms with Crippen LogP contribution in [-0.4, -0.2) is 31.3 Å². The fourth-order valence-electron chi connectivity index (χ4n) is 2.20. The molecule has 2 N–H and O–H groups in total. The van der Waals surface area contributed by atoms with Crippen LogP contribution in [-0.2, 0) is 13.6 Å². The van der Waals surface area contributed by atoms with Crippen LogP contribution in [0.2, 0.25) is 0 Å². The van der Waals surface area contributed by atoms with E-state index in [0.717, 1.165) is 35.4 Å². The van der Waals surface area contributed by atoms with Crippen molar-refractivity contribution >= 4 is 11.6 Å². The van der Waals surface area contributed by atoms with Gasteiger partial charge in [0, 0.05) is 25.1 Å². The molecule has 0 bridgehead atoms. The molecule has 112 valence electrons. The van der Waals surface area contributed by atoms with Gasteiger partial charge in [-0.25, -0.2) is 15.0 Å². The lowest BCUT2D eigenvalue weighted by atomic mass is 10.2. The summed E-state index contributed by atoms with van der Waals surface area (Å²) < 4.78 is 1.70. The lowest BCUT2D eigenvalue weighted by Crippen LogP contribution is -2.11. The summed E-state index contributed by atoms with van der Waals surface area (Å²) in [5, 5.41) is 10.9. The minimum absolute atomic E-state index is 0.525. The Morgan fingerprint density at radius 1 is 1.24 bits per heavy atom. The number of aryl methyl sites for hydroxylation is 1. The zero-order chi connectivity index (χ0) is 14.8. The van der Waals surface area contributed by atoms with E-state index in [1.165, 1.54) is 12.8 Å². The zero-order valence-electron chi connectivity index (χ0n) is 12.7. The molecule has 1 aliphatic rings. The SMILES string of the molecule is CCNc1nc(C2CC2)nc(NCc2ncn(C)n2)c1C. The van der Waals surface area contributed by atoms with Crippen LogP contribution < -0.4 is 10.6 Å². The molecule has 0 spiro atoms. The fraction of sp³-hybridized carbons (Fsp3) is 0.571. The zero-order valence-corrected chi connectivity index (χ0v) is 12.7. The molecule has 2 aromatic rings. The minimum atomic E-state index is 0.525. The van der Waals surface area contributed by atoms with E-state index >= 15 is 0 Å². The standard InChI is InChI=1S/C14H21N7/c1-4-15-12-9(2)13(19-14(18-12)10-5-6-10)16-7-11-17-8-21(3)20-11/h8,10H,4-7H2,1-3H3,(H2,15,16,18,19). The van der Waals surface area contributed by atoms with Crippen molar-refractivity contribution in [2.75, 3.05) is 17.2 Å². The third-order valence-corrected chi connectivity index (χ3v) is 3.51. The van der Waals surface area contributed by atoms with Crippen LogP contribution in [0.3, 0.4) is 0 Å². The molecule has 7 heteroatoms. The smallest absolute Gasteiger partial charge is 0.169 e. The molecule has 7 nitrogen and oxygen atoms in total. The molecule has 3 rings (SSSR count). The van der Waals surface area contributed by atoms with Crippen LogP contribution in [0.15, 0.2) is 6.33 Å². The number of hydrogen-bond donors (Lipinski definition) is 2. The first-order valence-electron chi connectivity index (χ1n) is 7.38. The van der Waals surface area contributed by atoms with E-state index in [1.54, 1.807) is 11.0 Å². The van der Waals surface area contributed by atoms with Gasteiger partial charge in [-0.3, -0.25) is 4.68 Å². The number of hydrogen-bond acceptors (Lipinski definition) is 6. The molecule has 1 aliphatic carbocycles. The molecule has 2 aromatic heterocycles. The molecular weight excluding hydrogens is 266 g/mol. The fourth-order valence-corrected chi connectivity index (χ4v) is 2.20. The van der Waals surface area contributed by atoms with E-state index in [4.69, 9.17) is 0 Å². The second-order valence-electron chi connectivity index (χ2n) is 5.40. The molecule has 2 heterocycles. The molecule has 0 unspecified atom stereocenters. The van der Waals surface area contributed by atoms with Crippen LogP contribution in [0, 0.1) is 6.92 Å². The van der Waals surface area contributed by atoms with Gasteiger partial charge < -0.3 is 10.6 Å². The van der Waals surface area contributed by atoms with Crippen LogP contribution in [0.4, 0.5) is 11.6 Å². The van der Waals surface area contributed by atoms with Gasteiger partial charge in [-0.1, -0.05) is 0 Å². The van der Waals surface area contributed by atoms with Gasteiger partial charge in [-0.2, -0.15) is 5.10 Å². The highest BCUT2D eigenvalue weighted by Crippen LogP contribution is 2.39. The maximum atomic E-state index is 4.67. The highest BCUT2D eigenvalue weighted by molar-refractivity contribution is 5.57. The molecule has 1 saturated carbocycles. The molecule has 0 aromatic carbocycles. The van der Waals surface area contributed by atoms with Gasteiger partial charge in [0.25, 0.3) is 0 Å². The lowest BCUT2D eigenvalue weighted by molar-refractivity contribution is 0.746. The third-order valence-electron chi connectivity index (χ3n) is 3.51. The van der Waals surface area contributed by atoms with E-state index < -0.39 is 0 Å². The van der Waals surface area contributed by atoms with Crippen molar-refractivity contribution in [3.8, 4) is 0 Å². The van der Waals surface area contributed by atoms with Crippen molar-refractivity contribution in [2.45, 2.75) is 39.2 Å². The van der Waals surface area contributed by atoms with E-state index in [-0.39, 0.29) is 0 Å². The predicted molar refractivity (Wildman–Crippen MR) is 81.2 cm³/mol. The predicted octanol–water partition coefficient (Wildman–Crippen LogP) is 1.83. The van der Waals surface area contributed by atoms with Gasteiger partial charge in [-0.15, -0.1) is 0 Å². The Morgan fingerprint density at radius 3 is 2.52 bits per heavy atom. The first kappa shape index (κ1) is 13.8. The molecule has 0 atom stereocenters. The average molecular weight is 287 g/mol. The van der Waals surface area contributed by atoms with E-state index in [0.29, 0.717) is 12.5 Å². The molecule has 0 saturated heterocycles. The number of nitrogens with zero attached hydrogens (tertiary/aromatic N) is 5. The van der Waals surface area contributed by atoms with Crippen molar-refractivity contribution in [1.82, 2.24) is 24.7 Å². The normalized spacial score (nSPS) is 14.2. The number of rotatable bonds is 6. The second kappa shape index (κ2) is 5.67. The summed E-state index contributed by atoms with van der Waals surface area (Å²) in [7, 11) is 1.86. The highest BCUT2D eigenvalue weighted by atomic mass is 15.3. The summed E-state index contributed by atoms with van der Waals surface area (Å²) in [6.45, 7) is 5.52. The van der Waals surface area contributed by atoms with Gasteiger partial charge in [0.15, 0.2) is 5.82 Å². The Bertz CT molecular complexity index is 630. The monoisotopic (exact) mass is 287 g/mol. The van der Waals surface area contributed by atoms with Crippen LogP contribution >= 0.6 is 0 Å². The van der Waals surface area contributed by atoms with Crippen molar-refractivity contribution in [2.24, 2.45) is 7.05 Å². The maximum absolute atomic E-state index is 4.67. The van der Waals surface area contributed by atoms with Gasteiger partial charge in [0.2, 0.25) is 0 Å². The Balaban J connectivity index is 1.81. The van der Waals surface area contributed by atoms with Gasteiger partial charge in [0.05, 0.1) is 6.54 Å². The summed E-state index contributed by atoms with van der Waals surface area (Å²) in [5.41, 5.74) is 1.04. The quantitative estimate of drug-likeness (QED) is 0.843. The van der Waals surface area contributed by atoms with Crippen molar-refractivity contribution in [3.63, 3.8) is 0 Å². The first-order chi connectivity index (χ1) is 10.2. The van der Waals surface area contributed by atoms with Crippen molar-refractivity contribution in [1.29, 1.82) is 0 Å². The van der Waals surface area contributed by atoms with Crippen molar-refractivity contribution in [3.05, 3.63) is 23.5 Å². The topological polar surface area (TPSA) is 80.5 Å². The minimum Gasteiger partial charge on any atom is -0.370 e. The third kappa shape index (κ3) is 3.12. The summed E-state index contributed by atoms with van der Waals surface area (Å²) >= 11 is 0. The molecule has 21 heavy (non-hydrogen) atoms. The summed E-state index contributed by atoms with van der Waals surface area (Å²) in [6.07, 6.45) is 4.08. The maximum Gasteiger partial charge on any atom is 0.169 e. The summed E-state index contributed by atoms with van der Waals surface area (Å²) in [4.78, 5) is 13.5. The van der Waals surface area contributed by atoms with E-state index in [1.807, 2.05) is 14.0 Å². The largest absolute Gasteiger partial charge is 0.370 e. The number of nitrogens with one attached hydrogen (secondary N) is 2. The Morgan fingerprint density at radius 2 is 1.95 bits per heavy atom. The molecule has 0 amide bonds. The Kier molecular flexibility index (Phi) is 3.72. The van der Waals surface area contributed by atoms with E-state index in [2.05, 4.69) is 37.6 Å². The average Bonchev–Trinajstić information content (AvgIpc) is 3.23. The summed E-state index contributed by atoms with van der Waals surface area (Å²) in [6, 6.07) is 0. The Labute approximate surface area is 124 Å². The molecule has 1 fully saturated rings. The summed E-state index contributed by atoms with van der Waals surface area (Å²) in [5.74, 6) is 4.01. The molecular formula is C14H21N7.